The molecule has 38 heavy (non-hydrogen) atoms. The summed E-state index contributed by atoms with van der Waals surface area (Å²) < 4.78 is 68.6. The molecule has 1 aliphatic heterocycles. The largest absolute Gasteiger partial charge is 0.451 e. The van der Waals surface area contributed by atoms with E-state index in [0.717, 1.165) is 13.0 Å². The molecule has 1 aromatic heterocycles. The molecule has 0 radical (unpaired) electrons. The van der Waals surface area contributed by atoms with E-state index in [0.29, 0.717) is 11.3 Å². The molecular weight excluding hydrogens is 568 g/mol. The summed E-state index contributed by atoms with van der Waals surface area (Å²) in [7, 11) is -8.05. The van der Waals surface area contributed by atoms with Gasteiger partial charge in [-0.05, 0) is 40.2 Å². The van der Waals surface area contributed by atoms with E-state index in [2.05, 4.69) is 4.74 Å². The smallest absolute Gasteiger partial charge is 0.413 e. The van der Waals surface area contributed by atoms with E-state index >= 15 is 0 Å². The fourth-order valence-electron chi connectivity index (χ4n) is 3.59. The van der Waals surface area contributed by atoms with E-state index in [9.17, 15) is 36.0 Å². The highest BCUT2D eigenvalue weighted by Crippen LogP contribution is 2.45. The number of fused-ring (bicyclic) bond motifs is 1. The van der Waals surface area contributed by atoms with Crippen molar-refractivity contribution in [3.8, 4) is 0 Å². The molecule has 0 saturated heterocycles. The van der Waals surface area contributed by atoms with Crippen LogP contribution < -0.4 is 5.14 Å². The Morgan fingerprint density at radius 3 is 2.16 bits per heavy atom. The topological polar surface area (TPSA) is 203 Å². The van der Waals surface area contributed by atoms with Crippen molar-refractivity contribution in [1.29, 1.82) is 0 Å². The number of amides is 1. The van der Waals surface area contributed by atoms with Gasteiger partial charge in [-0.2, -0.15) is 0 Å². The van der Waals surface area contributed by atoms with Crippen LogP contribution >= 0.6 is 11.3 Å². The highest BCUT2D eigenvalue weighted by atomic mass is 32.3. The van der Waals surface area contributed by atoms with Crippen LogP contribution in [-0.2, 0) is 53.2 Å². The van der Waals surface area contributed by atoms with Crippen LogP contribution in [0.25, 0.3) is 0 Å². The van der Waals surface area contributed by atoms with Crippen LogP contribution in [0.3, 0.4) is 0 Å². The summed E-state index contributed by atoms with van der Waals surface area (Å²) >= 11 is 0.514. The van der Waals surface area contributed by atoms with Gasteiger partial charge in [-0.3, -0.25) is 4.79 Å². The summed E-state index contributed by atoms with van der Waals surface area (Å²) in [5.74, 6) is -2.75. The minimum atomic E-state index is -4.20. The van der Waals surface area contributed by atoms with Crippen molar-refractivity contribution in [1.82, 2.24) is 4.90 Å². The van der Waals surface area contributed by atoms with E-state index < -0.39 is 73.7 Å². The molecule has 1 aromatic rings. The first kappa shape index (κ1) is 31.5. The van der Waals surface area contributed by atoms with Gasteiger partial charge in [0.15, 0.2) is 22.0 Å². The Bertz CT molecular complexity index is 1300. The number of primary sulfonamides is 1. The van der Waals surface area contributed by atoms with Crippen LogP contribution in [0.5, 0.6) is 0 Å². The van der Waals surface area contributed by atoms with Crippen molar-refractivity contribution in [3.05, 3.63) is 11.6 Å². The summed E-state index contributed by atoms with van der Waals surface area (Å²) in [6, 6.07) is 0.272. The fourth-order valence-corrected chi connectivity index (χ4v) is 7.99. The molecule has 0 bridgehead atoms. The summed E-state index contributed by atoms with van der Waals surface area (Å²) in [5, 5.41) is 4.25. The molecule has 214 valence electrons. The number of sulfonamides is 1. The van der Waals surface area contributed by atoms with E-state index in [1.165, 1.54) is 32.6 Å². The Kier molecular flexibility index (Phi) is 9.90. The van der Waals surface area contributed by atoms with Gasteiger partial charge in [0, 0.05) is 26.0 Å². The zero-order valence-corrected chi connectivity index (χ0v) is 24.0. The number of carbonyl (C=O) groups excluding carboxylic acids is 4. The summed E-state index contributed by atoms with van der Waals surface area (Å²) in [6.45, 7) is 7.89. The number of ether oxygens (including phenoxy) is 4. The first-order chi connectivity index (χ1) is 17.4. The third-order valence-corrected chi connectivity index (χ3v) is 10.8. The number of nitrogens with two attached hydrogens (primary N) is 1. The molecule has 1 aliphatic rings. The summed E-state index contributed by atoms with van der Waals surface area (Å²) in [6.07, 6.45) is -5.12. The third-order valence-electron chi connectivity index (χ3n) is 5.48. The number of esters is 3. The first-order valence-electron chi connectivity index (χ1n) is 11.4. The van der Waals surface area contributed by atoms with Gasteiger partial charge in [0.05, 0.1) is 11.3 Å². The first-order valence-corrected chi connectivity index (χ1v) is 15.3. The number of thiophene rings is 1. The second-order valence-corrected chi connectivity index (χ2v) is 13.9. The van der Waals surface area contributed by atoms with Crippen LogP contribution in [0.15, 0.2) is 14.5 Å². The molecule has 1 unspecified atom stereocenters. The molecule has 0 saturated carbocycles. The van der Waals surface area contributed by atoms with E-state index in [4.69, 9.17) is 19.3 Å². The molecule has 2 rings (SSSR count). The van der Waals surface area contributed by atoms with Gasteiger partial charge >= 0.3 is 24.0 Å². The second-order valence-electron chi connectivity index (χ2n) is 8.47. The zero-order valence-electron chi connectivity index (χ0n) is 21.5. The third kappa shape index (κ3) is 7.21. The monoisotopic (exact) mass is 598 g/mol. The van der Waals surface area contributed by atoms with Crippen molar-refractivity contribution in [2.75, 3.05) is 6.54 Å². The van der Waals surface area contributed by atoms with Gasteiger partial charge in [-0.1, -0.05) is 0 Å². The maximum atomic E-state index is 13.0. The van der Waals surface area contributed by atoms with Crippen LogP contribution in [0.2, 0.25) is 0 Å². The van der Waals surface area contributed by atoms with Crippen LogP contribution in [0, 0.1) is 0 Å². The summed E-state index contributed by atoms with van der Waals surface area (Å²) in [4.78, 5) is 49.3. The molecule has 14 nitrogen and oxygen atoms in total. The Hall–Kier alpha value is -2.76. The molecule has 17 heteroatoms. The zero-order chi connectivity index (χ0) is 29.2. The van der Waals surface area contributed by atoms with Crippen LogP contribution in [0.4, 0.5) is 4.79 Å². The fraction of sp³-hybridized carbons (Fsp3) is 0.619. The lowest BCUT2D eigenvalue weighted by Gasteiger charge is -2.35. The molecule has 0 aliphatic carbocycles. The highest BCUT2D eigenvalue weighted by Gasteiger charge is 2.43. The average Bonchev–Trinajstić information content (AvgIpc) is 3.24. The van der Waals surface area contributed by atoms with Crippen molar-refractivity contribution in [3.63, 3.8) is 0 Å². The summed E-state index contributed by atoms with van der Waals surface area (Å²) in [5.41, 5.74) is 0.100. The molecule has 0 fully saturated rings. The molecule has 0 spiro atoms. The lowest BCUT2D eigenvalue weighted by molar-refractivity contribution is -0.186. The molecular formula is C21H30N2O12S3. The molecule has 2 N–H and O–H groups in total. The van der Waals surface area contributed by atoms with Gasteiger partial charge in [0.2, 0.25) is 16.3 Å². The Balaban J connectivity index is 2.15. The standard InChI is InChI=1S/C21H30N2O12S3/c1-7-23(16-8-10(2)37(28,29)20-15(16)9-17(36-20)38(22,30)31)21(27)35-14(6)34-19(26)12(4)33-18(25)11(3)32-13(5)24/h9-12,14,16H,7-8H2,1-6H3,(H2,22,30,31)/t10-,11-,12-,14?,16-/m0/s1. The molecule has 5 atom stereocenters. The van der Waals surface area contributed by atoms with Gasteiger partial charge in [-0.25, -0.2) is 36.4 Å². The average molecular weight is 599 g/mol. The van der Waals surface area contributed by atoms with Gasteiger partial charge in [-0.15, -0.1) is 11.3 Å². The quantitative estimate of drug-likeness (QED) is 0.242. The Labute approximate surface area is 224 Å². The normalized spacial score (nSPS) is 20.7. The number of nitrogens with zero attached hydrogens (tertiary/aromatic N) is 1. The minimum Gasteiger partial charge on any atom is -0.451 e. The number of carbonyl (C=O) groups is 4. The molecule has 0 aromatic carbocycles. The maximum absolute atomic E-state index is 13.0. The van der Waals surface area contributed by atoms with Gasteiger partial charge in [0.1, 0.15) is 8.42 Å². The van der Waals surface area contributed by atoms with Crippen molar-refractivity contribution in [2.45, 2.75) is 86.2 Å². The van der Waals surface area contributed by atoms with Crippen molar-refractivity contribution < 1.29 is 55.0 Å². The van der Waals surface area contributed by atoms with Gasteiger partial charge in [0.25, 0.3) is 0 Å². The van der Waals surface area contributed by atoms with Crippen molar-refractivity contribution >= 4 is 55.2 Å². The van der Waals surface area contributed by atoms with Crippen molar-refractivity contribution in [2.24, 2.45) is 5.14 Å². The van der Waals surface area contributed by atoms with Crippen LogP contribution in [-0.4, -0.2) is 76.0 Å². The Morgan fingerprint density at radius 1 is 1.08 bits per heavy atom. The molecule has 1 amide bonds. The lowest BCUT2D eigenvalue weighted by atomic mass is 10.0. The maximum Gasteiger partial charge on any atom is 0.413 e. The predicted octanol–water partition coefficient (Wildman–Crippen LogP) is 1.23. The molecule has 2 heterocycles. The van der Waals surface area contributed by atoms with Crippen LogP contribution in [0.1, 0.15) is 59.6 Å². The Morgan fingerprint density at radius 2 is 1.63 bits per heavy atom. The van der Waals surface area contributed by atoms with E-state index in [1.54, 1.807) is 6.92 Å². The van der Waals surface area contributed by atoms with Gasteiger partial charge < -0.3 is 23.8 Å². The van der Waals surface area contributed by atoms with E-state index in [1.807, 2.05) is 0 Å². The number of rotatable bonds is 9. The number of hydrogen-bond acceptors (Lipinski definition) is 13. The highest BCUT2D eigenvalue weighted by molar-refractivity contribution is 7.95. The number of sulfone groups is 1. The number of hydrogen-bond donors (Lipinski definition) is 1. The lowest BCUT2D eigenvalue weighted by Crippen LogP contribution is -2.42. The van der Waals surface area contributed by atoms with E-state index in [-0.39, 0.29) is 26.9 Å². The SMILES string of the molecule is CCN(C(=O)OC(C)OC(=O)[C@H](C)OC(=O)[C@H](C)OC(C)=O)[C@H]1C[C@H](C)S(=O)(=O)c2sc(S(N)(=O)=O)cc21. The predicted molar refractivity (Wildman–Crippen MR) is 131 cm³/mol. The second kappa shape index (κ2) is 12.0. The minimum absolute atomic E-state index is 0.0407.